The number of aromatic nitrogens is 1. The van der Waals surface area contributed by atoms with Crippen molar-refractivity contribution in [2.24, 2.45) is 10.4 Å². The van der Waals surface area contributed by atoms with E-state index >= 15 is 0 Å². The van der Waals surface area contributed by atoms with E-state index in [0.717, 1.165) is 44.4 Å². The Labute approximate surface area is 159 Å². The molecule has 0 bridgehead atoms. The van der Waals surface area contributed by atoms with Crippen LogP contribution in [0.4, 0.5) is 0 Å². The summed E-state index contributed by atoms with van der Waals surface area (Å²) >= 11 is 5.82. The van der Waals surface area contributed by atoms with Gasteiger partial charge in [0.05, 0.1) is 13.2 Å². The van der Waals surface area contributed by atoms with Crippen molar-refractivity contribution in [3.63, 3.8) is 0 Å². The minimum absolute atomic E-state index is 0. The Balaban J connectivity index is 0.00000192. The fourth-order valence-electron chi connectivity index (χ4n) is 3.18. The first-order valence-electron chi connectivity index (χ1n) is 7.92. The van der Waals surface area contributed by atoms with Crippen molar-refractivity contribution < 1.29 is 4.74 Å². The van der Waals surface area contributed by atoms with Crippen LogP contribution in [0.3, 0.4) is 0 Å². The maximum absolute atomic E-state index is 5.82. The molecule has 0 amide bonds. The van der Waals surface area contributed by atoms with Gasteiger partial charge in [-0.05, 0) is 31.4 Å². The molecule has 1 aromatic heterocycles. The van der Waals surface area contributed by atoms with E-state index in [4.69, 9.17) is 21.3 Å². The van der Waals surface area contributed by atoms with E-state index in [1.54, 1.807) is 12.3 Å². The minimum atomic E-state index is 0. The molecule has 3 heterocycles. The molecule has 0 saturated carbocycles. The molecule has 1 atom stereocenters. The quantitative estimate of drug-likeness (QED) is 0.333. The summed E-state index contributed by atoms with van der Waals surface area (Å²) in [5.41, 5.74) is 1.41. The summed E-state index contributed by atoms with van der Waals surface area (Å²) in [4.78, 5) is 11.2. The Morgan fingerprint density at radius 3 is 3.00 bits per heavy atom. The Hall–Kier alpha value is -0.600. The van der Waals surface area contributed by atoms with Crippen LogP contribution < -0.4 is 5.32 Å². The van der Waals surface area contributed by atoms with Crippen LogP contribution in [0, 0.1) is 5.41 Å². The highest BCUT2D eigenvalue weighted by atomic mass is 127. The van der Waals surface area contributed by atoms with Gasteiger partial charge < -0.3 is 15.0 Å². The number of rotatable bonds is 3. The van der Waals surface area contributed by atoms with Crippen LogP contribution in [-0.2, 0) is 11.3 Å². The van der Waals surface area contributed by atoms with Crippen molar-refractivity contribution in [3.8, 4) is 0 Å². The molecule has 128 valence electrons. The molecule has 5 nitrogen and oxygen atoms in total. The average Bonchev–Trinajstić information content (AvgIpc) is 3.16. The minimum Gasteiger partial charge on any atom is -0.381 e. The number of aliphatic imine (C=N–C) groups is 1. The van der Waals surface area contributed by atoms with Crippen molar-refractivity contribution in [3.05, 3.63) is 29.0 Å². The number of nitrogens with one attached hydrogen (secondary N) is 1. The SMILES string of the molecule is CCNC(=NCc1ccc(Cl)nc1)N1CCC2(CCOC2)C1.I. The van der Waals surface area contributed by atoms with Gasteiger partial charge in [-0.3, -0.25) is 0 Å². The Morgan fingerprint density at radius 2 is 2.35 bits per heavy atom. The smallest absolute Gasteiger partial charge is 0.194 e. The lowest BCUT2D eigenvalue weighted by atomic mass is 9.87. The zero-order valence-electron chi connectivity index (χ0n) is 13.4. The van der Waals surface area contributed by atoms with Gasteiger partial charge in [0.25, 0.3) is 0 Å². The van der Waals surface area contributed by atoms with Crippen molar-refractivity contribution in [2.75, 3.05) is 32.8 Å². The van der Waals surface area contributed by atoms with Gasteiger partial charge in [0.15, 0.2) is 5.96 Å². The van der Waals surface area contributed by atoms with Gasteiger partial charge in [0.2, 0.25) is 0 Å². The van der Waals surface area contributed by atoms with Crippen LogP contribution in [-0.4, -0.2) is 48.7 Å². The summed E-state index contributed by atoms with van der Waals surface area (Å²) < 4.78 is 5.60. The topological polar surface area (TPSA) is 49.8 Å². The number of guanidine groups is 1. The molecule has 2 saturated heterocycles. The van der Waals surface area contributed by atoms with E-state index in [1.807, 2.05) is 6.07 Å². The zero-order chi connectivity index (χ0) is 15.4. The number of ether oxygens (including phenoxy) is 1. The maximum atomic E-state index is 5.82. The number of pyridine rings is 1. The number of hydrogen-bond acceptors (Lipinski definition) is 3. The summed E-state index contributed by atoms with van der Waals surface area (Å²) in [6.45, 7) is 7.47. The monoisotopic (exact) mass is 450 g/mol. The summed E-state index contributed by atoms with van der Waals surface area (Å²) in [5.74, 6) is 0.987. The van der Waals surface area contributed by atoms with E-state index in [1.165, 1.54) is 12.8 Å². The summed E-state index contributed by atoms with van der Waals surface area (Å²) in [6.07, 6.45) is 4.15. The van der Waals surface area contributed by atoms with Crippen molar-refractivity contribution in [1.29, 1.82) is 0 Å². The predicted octanol–water partition coefficient (Wildman–Crippen LogP) is 2.93. The Morgan fingerprint density at radius 1 is 1.48 bits per heavy atom. The van der Waals surface area contributed by atoms with E-state index in [-0.39, 0.29) is 24.0 Å². The molecular weight excluding hydrogens is 427 g/mol. The Bertz CT molecular complexity index is 531. The van der Waals surface area contributed by atoms with Crippen molar-refractivity contribution in [2.45, 2.75) is 26.3 Å². The molecule has 7 heteroatoms. The highest BCUT2D eigenvalue weighted by Gasteiger charge is 2.42. The lowest BCUT2D eigenvalue weighted by Crippen LogP contribution is -2.41. The number of nitrogens with zero attached hydrogens (tertiary/aromatic N) is 3. The van der Waals surface area contributed by atoms with E-state index in [2.05, 4.69) is 22.1 Å². The average molecular weight is 451 g/mol. The highest BCUT2D eigenvalue weighted by molar-refractivity contribution is 14.0. The molecule has 0 radical (unpaired) electrons. The van der Waals surface area contributed by atoms with E-state index in [0.29, 0.717) is 17.1 Å². The number of likely N-dealkylation sites (tertiary alicyclic amines) is 1. The largest absolute Gasteiger partial charge is 0.381 e. The maximum Gasteiger partial charge on any atom is 0.194 e. The second-order valence-electron chi connectivity index (χ2n) is 6.13. The molecule has 1 spiro atoms. The summed E-state index contributed by atoms with van der Waals surface area (Å²) in [6, 6.07) is 3.78. The summed E-state index contributed by atoms with van der Waals surface area (Å²) in [5, 5.41) is 3.92. The molecule has 0 aliphatic carbocycles. The fraction of sp³-hybridized carbons (Fsp3) is 0.625. The molecule has 2 aliphatic rings. The third kappa shape index (κ3) is 4.70. The van der Waals surface area contributed by atoms with Gasteiger partial charge in [0.1, 0.15) is 5.15 Å². The van der Waals surface area contributed by atoms with Crippen LogP contribution >= 0.6 is 35.6 Å². The fourth-order valence-corrected chi connectivity index (χ4v) is 3.29. The first-order valence-corrected chi connectivity index (χ1v) is 8.30. The molecule has 1 N–H and O–H groups in total. The lowest BCUT2D eigenvalue weighted by molar-refractivity contribution is 0.156. The van der Waals surface area contributed by atoms with Gasteiger partial charge >= 0.3 is 0 Å². The molecule has 1 unspecified atom stereocenters. The van der Waals surface area contributed by atoms with E-state index in [9.17, 15) is 0 Å². The van der Waals surface area contributed by atoms with Crippen LogP contribution in [0.1, 0.15) is 25.3 Å². The van der Waals surface area contributed by atoms with E-state index < -0.39 is 0 Å². The zero-order valence-corrected chi connectivity index (χ0v) is 16.5. The van der Waals surface area contributed by atoms with Crippen LogP contribution in [0.5, 0.6) is 0 Å². The van der Waals surface area contributed by atoms with Gasteiger partial charge in [-0.15, -0.1) is 24.0 Å². The standard InChI is InChI=1S/C16H23ClN4O.HI/c1-2-18-15(20-10-13-3-4-14(17)19-9-13)21-7-5-16(11-21)6-8-22-12-16;/h3-4,9H,2,5-8,10-12H2,1H3,(H,18,20);1H. The third-order valence-corrected chi connectivity index (χ3v) is 4.68. The second kappa shape index (κ2) is 8.48. The second-order valence-corrected chi connectivity index (χ2v) is 6.52. The number of halogens is 2. The summed E-state index contributed by atoms with van der Waals surface area (Å²) in [7, 11) is 0. The molecule has 1 aromatic rings. The first-order chi connectivity index (χ1) is 10.7. The van der Waals surface area contributed by atoms with Gasteiger partial charge in [0, 0.05) is 37.9 Å². The van der Waals surface area contributed by atoms with Gasteiger partial charge in [-0.2, -0.15) is 0 Å². The molecule has 3 rings (SSSR count). The van der Waals surface area contributed by atoms with Gasteiger partial charge in [-0.25, -0.2) is 9.98 Å². The predicted molar refractivity (Wildman–Crippen MR) is 104 cm³/mol. The molecular formula is C16H24ClIN4O. The molecule has 0 aromatic carbocycles. The first kappa shape index (κ1) is 18.7. The molecule has 2 aliphatic heterocycles. The lowest BCUT2D eigenvalue weighted by Gasteiger charge is -2.25. The Kier molecular flexibility index (Phi) is 6.91. The third-order valence-electron chi connectivity index (χ3n) is 4.46. The van der Waals surface area contributed by atoms with Crippen molar-refractivity contribution in [1.82, 2.24) is 15.2 Å². The highest BCUT2D eigenvalue weighted by Crippen LogP contribution is 2.38. The van der Waals surface area contributed by atoms with Crippen LogP contribution in [0.15, 0.2) is 23.3 Å². The van der Waals surface area contributed by atoms with Gasteiger partial charge in [-0.1, -0.05) is 17.7 Å². The van der Waals surface area contributed by atoms with Crippen LogP contribution in [0.25, 0.3) is 0 Å². The normalized spacial score (nSPS) is 24.1. The van der Waals surface area contributed by atoms with Crippen LogP contribution in [0.2, 0.25) is 5.15 Å². The number of hydrogen-bond donors (Lipinski definition) is 1. The molecule has 23 heavy (non-hydrogen) atoms. The van der Waals surface area contributed by atoms with Crippen molar-refractivity contribution >= 4 is 41.5 Å². The molecule has 2 fully saturated rings.